The van der Waals surface area contributed by atoms with Crippen molar-refractivity contribution in [3.8, 4) is 11.5 Å². The second kappa shape index (κ2) is 15.9. The second-order valence-corrected chi connectivity index (χ2v) is 12.3. The number of carbonyl (C=O) groups excluding carboxylic acids is 2. The zero-order chi connectivity index (χ0) is 31.7. The molecule has 1 aromatic carbocycles. The van der Waals surface area contributed by atoms with Crippen LogP contribution in [0.3, 0.4) is 0 Å². The number of aryl methyl sites for hydroxylation is 1. The van der Waals surface area contributed by atoms with Crippen molar-refractivity contribution in [2.24, 2.45) is 11.8 Å². The Hall–Kier alpha value is -3.42. The molecular formula is C35H50N2O6. The highest BCUT2D eigenvalue weighted by atomic mass is 16.5. The van der Waals surface area contributed by atoms with Crippen LogP contribution < -0.4 is 9.47 Å². The fourth-order valence-electron chi connectivity index (χ4n) is 5.51. The van der Waals surface area contributed by atoms with Gasteiger partial charge in [0.2, 0.25) is 0 Å². The van der Waals surface area contributed by atoms with Crippen LogP contribution in [0.1, 0.15) is 119 Å². The molecule has 0 saturated heterocycles. The molecule has 2 unspecified atom stereocenters. The number of rotatable bonds is 16. The molecule has 8 nitrogen and oxygen atoms in total. The highest BCUT2D eigenvalue weighted by Crippen LogP contribution is 2.38. The van der Waals surface area contributed by atoms with Gasteiger partial charge in [-0.15, -0.1) is 0 Å². The Balaban J connectivity index is 2.33. The summed E-state index contributed by atoms with van der Waals surface area (Å²) >= 11 is 0. The predicted molar refractivity (Wildman–Crippen MR) is 171 cm³/mol. The Kier molecular flexibility index (Phi) is 12.6. The van der Waals surface area contributed by atoms with Gasteiger partial charge >= 0.3 is 11.9 Å². The normalized spacial score (nSPS) is 13.0. The summed E-state index contributed by atoms with van der Waals surface area (Å²) in [6.45, 7) is 15.0. The van der Waals surface area contributed by atoms with Crippen LogP contribution in [0.25, 0.3) is 21.8 Å². The van der Waals surface area contributed by atoms with Crippen LogP contribution in [0.5, 0.6) is 11.5 Å². The number of unbranched alkanes of at least 4 members (excludes halogenated alkanes) is 2. The van der Waals surface area contributed by atoms with E-state index in [2.05, 4.69) is 41.5 Å². The molecule has 0 saturated carbocycles. The summed E-state index contributed by atoms with van der Waals surface area (Å²) < 4.78 is 23.5. The molecule has 0 aliphatic carbocycles. The lowest BCUT2D eigenvalue weighted by Gasteiger charge is -2.24. The predicted octanol–water partition coefficient (Wildman–Crippen LogP) is 8.63. The molecule has 0 amide bonds. The van der Waals surface area contributed by atoms with Crippen LogP contribution >= 0.6 is 0 Å². The number of methoxy groups -OCH3 is 2. The molecule has 0 bridgehead atoms. The first-order chi connectivity index (χ1) is 20.5. The maximum absolute atomic E-state index is 12.7. The van der Waals surface area contributed by atoms with Gasteiger partial charge in [0, 0.05) is 28.5 Å². The van der Waals surface area contributed by atoms with Gasteiger partial charge in [0.1, 0.15) is 11.5 Å². The number of hydrogen-bond acceptors (Lipinski definition) is 8. The largest absolute Gasteiger partial charge is 0.490 e. The average molecular weight is 595 g/mol. The molecule has 3 rings (SSSR count). The number of carbonyl (C=O) groups is 2. The van der Waals surface area contributed by atoms with Gasteiger partial charge < -0.3 is 18.9 Å². The van der Waals surface area contributed by atoms with E-state index in [1.54, 1.807) is 12.1 Å². The number of nitrogens with zero attached hydrogens (tertiary/aromatic N) is 2. The van der Waals surface area contributed by atoms with Crippen LogP contribution in [-0.2, 0) is 9.47 Å². The number of aromatic nitrogens is 2. The monoisotopic (exact) mass is 594 g/mol. The van der Waals surface area contributed by atoms with E-state index in [0.717, 1.165) is 62.1 Å². The lowest BCUT2D eigenvalue weighted by atomic mass is 10.00. The summed E-state index contributed by atoms with van der Waals surface area (Å²) in [6.07, 6.45) is 7.76. The quantitative estimate of drug-likeness (QED) is 0.120. The SMILES string of the molecule is CCCCC(CC(C)C)Oc1cc(C(=O)OC)nc2c(C)c3nc(C(=O)OC)cc(OC(CCCC)CC(C)C)c3cc12. The van der Waals surface area contributed by atoms with Gasteiger partial charge in [0.15, 0.2) is 11.4 Å². The zero-order valence-corrected chi connectivity index (χ0v) is 27.5. The van der Waals surface area contributed by atoms with E-state index >= 15 is 0 Å². The van der Waals surface area contributed by atoms with Crippen molar-refractivity contribution in [3.05, 3.63) is 35.2 Å². The minimum atomic E-state index is -0.548. The van der Waals surface area contributed by atoms with Crippen molar-refractivity contribution in [2.45, 2.75) is 112 Å². The fourth-order valence-corrected chi connectivity index (χ4v) is 5.51. The third-order valence-corrected chi connectivity index (χ3v) is 7.64. The molecule has 2 atom stereocenters. The van der Waals surface area contributed by atoms with Gasteiger partial charge in [-0.3, -0.25) is 0 Å². The van der Waals surface area contributed by atoms with Gasteiger partial charge in [0.25, 0.3) is 0 Å². The van der Waals surface area contributed by atoms with Gasteiger partial charge in [-0.1, -0.05) is 67.2 Å². The van der Waals surface area contributed by atoms with Crippen LogP contribution in [0.4, 0.5) is 0 Å². The molecule has 0 aliphatic rings. The summed E-state index contributed by atoms with van der Waals surface area (Å²) in [5.41, 5.74) is 2.15. The smallest absolute Gasteiger partial charge is 0.356 e. The summed E-state index contributed by atoms with van der Waals surface area (Å²) in [5.74, 6) is 0.940. The van der Waals surface area contributed by atoms with Crippen LogP contribution in [-0.4, -0.2) is 48.3 Å². The Morgan fingerprint density at radius 3 is 1.42 bits per heavy atom. The topological polar surface area (TPSA) is 96.8 Å². The van der Waals surface area contributed by atoms with Gasteiger partial charge in [0.05, 0.1) is 37.5 Å². The number of pyridine rings is 2. The summed E-state index contributed by atoms with van der Waals surface area (Å²) in [5, 5.41) is 1.52. The van der Waals surface area contributed by atoms with Crippen molar-refractivity contribution in [3.63, 3.8) is 0 Å². The molecule has 0 spiro atoms. The van der Waals surface area contributed by atoms with E-state index in [0.29, 0.717) is 39.9 Å². The second-order valence-electron chi connectivity index (χ2n) is 12.3. The molecule has 236 valence electrons. The number of benzene rings is 1. The molecular weight excluding hydrogens is 544 g/mol. The Morgan fingerprint density at radius 2 is 1.09 bits per heavy atom. The molecule has 43 heavy (non-hydrogen) atoms. The Labute approximate surface area is 256 Å². The Morgan fingerprint density at radius 1 is 0.698 bits per heavy atom. The van der Waals surface area contributed by atoms with Gasteiger partial charge in [-0.25, -0.2) is 19.6 Å². The van der Waals surface area contributed by atoms with Gasteiger partial charge in [-0.05, 0) is 50.5 Å². The number of ether oxygens (including phenoxy) is 4. The van der Waals surface area contributed by atoms with E-state index < -0.39 is 11.9 Å². The van der Waals surface area contributed by atoms with Crippen LogP contribution in [0.2, 0.25) is 0 Å². The van der Waals surface area contributed by atoms with Crippen molar-refractivity contribution in [1.82, 2.24) is 9.97 Å². The number of esters is 2. The summed E-state index contributed by atoms with van der Waals surface area (Å²) in [7, 11) is 2.68. The lowest BCUT2D eigenvalue weighted by Crippen LogP contribution is -2.20. The highest BCUT2D eigenvalue weighted by molar-refractivity contribution is 6.06. The minimum Gasteiger partial charge on any atom is -0.490 e. The maximum atomic E-state index is 12.7. The van der Waals surface area contributed by atoms with Crippen molar-refractivity contribution >= 4 is 33.7 Å². The first-order valence-corrected chi connectivity index (χ1v) is 15.8. The molecule has 0 aliphatic heterocycles. The van der Waals surface area contributed by atoms with Crippen LogP contribution in [0.15, 0.2) is 18.2 Å². The standard InChI is InChI=1S/C35H50N2O6/c1-10-12-14-24(16-21(3)4)42-30-19-28(34(38)40-8)36-32-23(7)33-27(18-26(30)32)31(20-29(37-33)35(39)41-9)43-25(15-13-11-2)17-22(5)6/h18-22,24-25H,10-17H2,1-9H3. The molecule has 0 fully saturated rings. The first-order valence-electron chi connectivity index (χ1n) is 15.8. The zero-order valence-electron chi connectivity index (χ0n) is 27.5. The van der Waals surface area contributed by atoms with E-state index in [1.165, 1.54) is 14.2 Å². The van der Waals surface area contributed by atoms with E-state index in [9.17, 15) is 9.59 Å². The third kappa shape index (κ3) is 8.80. The molecule has 3 aromatic rings. The average Bonchev–Trinajstić information content (AvgIpc) is 2.97. The Bertz CT molecular complexity index is 1300. The third-order valence-electron chi connectivity index (χ3n) is 7.64. The van der Waals surface area contributed by atoms with E-state index in [4.69, 9.17) is 28.9 Å². The molecule has 8 heteroatoms. The number of hydrogen-bond donors (Lipinski definition) is 0. The van der Waals surface area contributed by atoms with E-state index in [1.807, 2.05) is 13.0 Å². The number of fused-ring (bicyclic) bond motifs is 2. The minimum absolute atomic E-state index is 0.0212. The van der Waals surface area contributed by atoms with Crippen molar-refractivity contribution in [2.75, 3.05) is 14.2 Å². The van der Waals surface area contributed by atoms with Crippen LogP contribution in [0, 0.1) is 18.8 Å². The lowest BCUT2D eigenvalue weighted by molar-refractivity contribution is 0.0585. The van der Waals surface area contributed by atoms with E-state index in [-0.39, 0.29) is 23.6 Å². The summed E-state index contributed by atoms with van der Waals surface area (Å²) in [4.78, 5) is 34.8. The highest BCUT2D eigenvalue weighted by Gasteiger charge is 2.24. The summed E-state index contributed by atoms with van der Waals surface area (Å²) in [6, 6.07) is 5.33. The molecule has 0 radical (unpaired) electrons. The molecule has 2 aromatic heterocycles. The van der Waals surface area contributed by atoms with Crippen molar-refractivity contribution < 1.29 is 28.5 Å². The van der Waals surface area contributed by atoms with Gasteiger partial charge in [-0.2, -0.15) is 0 Å². The maximum Gasteiger partial charge on any atom is 0.356 e. The first kappa shape index (κ1) is 34.1. The van der Waals surface area contributed by atoms with Crippen molar-refractivity contribution in [1.29, 1.82) is 0 Å². The molecule has 2 heterocycles. The molecule has 0 N–H and O–H groups in total. The fraction of sp³-hybridized carbons (Fsp3) is 0.600.